The van der Waals surface area contributed by atoms with Gasteiger partial charge in [-0.2, -0.15) is 4.99 Å². The van der Waals surface area contributed by atoms with Crippen LogP contribution in [0.2, 0.25) is 0 Å². The number of rotatable bonds is 10. The molecule has 0 radical (unpaired) electrons. The minimum atomic E-state index is -4.22. The number of nitrogens with two attached hydrogens (primary N) is 2. The Hall–Kier alpha value is -3.94. The first-order valence-electron chi connectivity index (χ1n) is 11.3. The first-order chi connectivity index (χ1) is 18.6. The molecule has 0 spiro atoms. The molecule has 0 aliphatic heterocycles. The van der Waals surface area contributed by atoms with Crippen LogP contribution in [0.3, 0.4) is 0 Å². The second kappa shape index (κ2) is 12.5. The smallest absolute Gasteiger partial charge is 0.329 e. The van der Waals surface area contributed by atoms with Crippen molar-refractivity contribution in [1.29, 1.82) is 0 Å². The molecule has 3 aromatic carbocycles. The molecule has 7 N–H and O–H groups in total. The number of carbonyl (C=O) groups is 1. The van der Waals surface area contributed by atoms with Gasteiger partial charge in [-0.15, -0.1) is 0 Å². The Balaban J connectivity index is 1.68. The van der Waals surface area contributed by atoms with E-state index in [2.05, 4.69) is 9.71 Å². The minimum Gasteiger partial charge on any atom is -0.451 e. The van der Waals surface area contributed by atoms with Crippen LogP contribution in [0.15, 0.2) is 76.1 Å². The number of aliphatic imine (C=N–C) groups is 1. The molecule has 3 aromatic rings. The van der Waals surface area contributed by atoms with E-state index in [-0.39, 0.29) is 28.3 Å². The van der Waals surface area contributed by atoms with E-state index >= 15 is 0 Å². The van der Waals surface area contributed by atoms with Gasteiger partial charge in [0.05, 0.1) is 11.1 Å². The van der Waals surface area contributed by atoms with Crippen molar-refractivity contribution in [2.24, 2.45) is 16.5 Å². The molecule has 15 heteroatoms. The van der Waals surface area contributed by atoms with Crippen LogP contribution in [0.1, 0.15) is 23.6 Å². The lowest BCUT2D eigenvalue weighted by atomic mass is 10.1. The molecular formula is C25H25F2N4O7PS. The van der Waals surface area contributed by atoms with Crippen molar-refractivity contribution in [1.82, 2.24) is 4.72 Å². The van der Waals surface area contributed by atoms with Crippen molar-refractivity contribution in [3.63, 3.8) is 0 Å². The molecule has 0 aliphatic carbocycles. The molecule has 0 aliphatic rings. The lowest BCUT2D eigenvalue weighted by molar-refractivity contribution is -0.114. The van der Waals surface area contributed by atoms with E-state index in [1.807, 2.05) is 0 Å². The van der Waals surface area contributed by atoms with Gasteiger partial charge in [0.25, 0.3) is 5.91 Å². The lowest BCUT2D eigenvalue weighted by Crippen LogP contribution is -2.24. The van der Waals surface area contributed by atoms with Gasteiger partial charge in [0, 0.05) is 12.1 Å². The van der Waals surface area contributed by atoms with Crippen LogP contribution >= 0.6 is 7.60 Å². The third-order valence-electron chi connectivity index (χ3n) is 5.20. The molecule has 40 heavy (non-hydrogen) atoms. The highest BCUT2D eigenvalue weighted by atomic mass is 32.2. The quantitative estimate of drug-likeness (QED) is 0.101. The van der Waals surface area contributed by atoms with E-state index in [9.17, 15) is 26.6 Å². The Kier molecular flexibility index (Phi) is 9.56. The second-order valence-electron chi connectivity index (χ2n) is 8.52. The van der Waals surface area contributed by atoms with Gasteiger partial charge in [-0.3, -0.25) is 9.36 Å². The number of guanidine groups is 1. The Morgan fingerprint density at radius 2 is 1.57 bits per heavy atom. The lowest BCUT2D eigenvalue weighted by Gasteiger charge is -2.11. The zero-order valence-electron chi connectivity index (χ0n) is 20.9. The maximum Gasteiger partial charge on any atom is 0.329 e. The number of carbonyl (C=O) groups excluding carboxylic acids is 1. The van der Waals surface area contributed by atoms with Crippen molar-refractivity contribution in [3.05, 3.63) is 94.6 Å². The molecule has 3 rings (SSSR count). The van der Waals surface area contributed by atoms with Crippen molar-refractivity contribution in [2.75, 3.05) is 0 Å². The maximum absolute atomic E-state index is 14.6. The largest absolute Gasteiger partial charge is 0.451 e. The predicted molar refractivity (Wildman–Crippen MR) is 144 cm³/mol. The number of hydrogen-bond donors (Lipinski definition) is 5. The van der Waals surface area contributed by atoms with Crippen molar-refractivity contribution >= 4 is 35.6 Å². The van der Waals surface area contributed by atoms with E-state index in [0.29, 0.717) is 11.1 Å². The number of ether oxygens (including phenoxy) is 1. The summed E-state index contributed by atoms with van der Waals surface area (Å²) in [6.07, 6.45) is 0.762. The second-order valence-corrected chi connectivity index (χ2v) is 11.9. The minimum absolute atomic E-state index is 0.0166. The SMILES string of the molecule is C/C(=C\c1cc(F)c(Oc2ccc(S(=O)(=O)NCc3ccc(CP(=O)(O)O)cc3)cc2)c(F)c1)C(=O)N=C(N)N. The fraction of sp³-hybridized carbons (Fsp3) is 0.120. The average molecular weight is 595 g/mol. The highest BCUT2D eigenvalue weighted by Crippen LogP contribution is 2.39. The van der Waals surface area contributed by atoms with Crippen LogP contribution < -0.4 is 20.9 Å². The van der Waals surface area contributed by atoms with E-state index in [4.69, 9.17) is 26.0 Å². The van der Waals surface area contributed by atoms with Gasteiger partial charge < -0.3 is 26.0 Å². The van der Waals surface area contributed by atoms with E-state index < -0.39 is 53.0 Å². The van der Waals surface area contributed by atoms with Gasteiger partial charge in [-0.05, 0) is 66.1 Å². The van der Waals surface area contributed by atoms with Crippen LogP contribution in [-0.4, -0.2) is 30.1 Å². The number of hydrogen-bond acceptors (Lipinski definition) is 5. The summed E-state index contributed by atoms with van der Waals surface area (Å²) in [4.78, 5) is 33.1. The van der Waals surface area contributed by atoms with E-state index in [1.54, 1.807) is 0 Å². The molecule has 0 saturated carbocycles. The molecule has 212 valence electrons. The summed E-state index contributed by atoms with van der Waals surface area (Å²) in [5, 5.41) is 0. The molecule has 0 saturated heterocycles. The number of amides is 1. The first kappa shape index (κ1) is 30.6. The summed E-state index contributed by atoms with van der Waals surface area (Å²) >= 11 is 0. The molecule has 0 heterocycles. The van der Waals surface area contributed by atoms with Gasteiger partial charge >= 0.3 is 7.60 Å². The Morgan fingerprint density at radius 3 is 2.10 bits per heavy atom. The molecule has 0 unspecified atom stereocenters. The summed E-state index contributed by atoms with van der Waals surface area (Å²) in [5.74, 6) is -4.15. The van der Waals surface area contributed by atoms with Crippen molar-refractivity contribution in [3.8, 4) is 11.5 Å². The summed E-state index contributed by atoms with van der Waals surface area (Å²) in [6, 6.07) is 12.7. The monoisotopic (exact) mass is 594 g/mol. The fourth-order valence-electron chi connectivity index (χ4n) is 3.34. The van der Waals surface area contributed by atoms with E-state index in [0.717, 1.165) is 12.1 Å². The molecule has 11 nitrogen and oxygen atoms in total. The number of nitrogens with zero attached hydrogens (tertiary/aromatic N) is 1. The summed E-state index contributed by atoms with van der Waals surface area (Å²) in [5.41, 5.74) is 11.3. The zero-order valence-corrected chi connectivity index (χ0v) is 22.6. The molecule has 0 atom stereocenters. The van der Waals surface area contributed by atoms with Gasteiger partial charge in [0.1, 0.15) is 5.75 Å². The maximum atomic E-state index is 14.6. The third-order valence-corrected chi connectivity index (χ3v) is 7.40. The number of sulfonamides is 1. The zero-order chi connectivity index (χ0) is 29.7. The van der Waals surface area contributed by atoms with Crippen molar-refractivity contribution < 1.29 is 41.1 Å². The molecule has 0 aromatic heterocycles. The standard InChI is InChI=1S/C25H25F2N4O7PS/c1-15(24(32)31-25(28)29)10-18-11-21(26)23(22(27)12-18)38-19-6-8-20(9-7-19)40(36,37)30-13-16-2-4-17(5-3-16)14-39(33,34)35/h2-12,30H,13-14H2,1H3,(H2,33,34,35)(H4,28,29,31,32)/b15-10+. The highest BCUT2D eigenvalue weighted by molar-refractivity contribution is 7.89. The van der Waals surface area contributed by atoms with Crippen LogP contribution in [0.25, 0.3) is 6.08 Å². The molecule has 0 fully saturated rings. The number of nitrogens with one attached hydrogen (secondary N) is 1. The third kappa shape index (κ3) is 8.79. The first-order valence-corrected chi connectivity index (χ1v) is 14.6. The van der Waals surface area contributed by atoms with Crippen LogP contribution in [0, 0.1) is 11.6 Å². The predicted octanol–water partition coefficient (Wildman–Crippen LogP) is 3.12. The normalized spacial score (nSPS) is 12.2. The molecule has 0 bridgehead atoms. The highest BCUT2D eigenvalue weighted by Gasteiger charge is 2.18. The van der Waals surface area contributed by atoms with Crippen LogP contribution in [0.4, 0.5) is 8.78 Å². The van der Waals surface area contributed by atoms with Crippen LogP contribution in [0.5, 0.6) is 11.5 Å². The Bertz CT molecular complexity index is 1590. The summed E-state index contributed by atoms with van der Waals surface area (Å²) in [7, 11) is -8.19. The summed E-state index contributed by atoms with van der Waals surface area (Å²) < 4.78 is 73.3. The number of halogens is 2. The molecule has 1 amide bonds. The van der Waals surface area contributed by atoms with Gasteiger partial charge in [0.15, 0.2) is 23.3 Å². The Labute approximate surface area is 228 Å². The average Bonchev–Trinajstić information content (AvgIpc) is 2.85. The summed E-state index contributed by atoms with van der Waals surface area (Å²) in [6.45, 7) is 1.27. The van der Waals surface area contributed by atoms with Gasteiger partial charge in [-0.25, -0.2) is 21.9 Å². The Morgan fingerprint density at radius 1 is 1.02 bits per heavy atom. The molecular weight excluding hydrogens is 569 g/mol. The van der Waals surface area contributed by atoms with Gasteiger partial charge in [0.2, 0.25) is 10.0 Å². The number of benzene rings is 3. The van der Waals surface area contributed by atoms with Crippen LogP contribution in [-0.2, 0) is 32.1 Å². The van der Waals surface area contributed by atoms with Crippen molar-refractivity contribution in [2.45, 2.75) is 24.5 Å². The van der Waals surface area contributed by atoms with Gasteiger partial charge in [-0.1, -0.05) is 24.3 Å². The fourth-order valence-corrected chi connectivity index (χ4v) is 5.05. The van der Waals surface area contributed by atoms with E-state index in [1.165, 1.54) is 61.5 Å². The topological polar surface area (TPSA) is 194 Å².